The summed E-state index contributed by atoms with van der Waals surface area (Å²) in [6.45, 7) is 4.19. The number of benzene rings is 1. The standard InChI is InChI=1S/C12H10Br2O/c1-7-6-9(13)11(12(14)8(7)2)10-4-3-5-15-10/h3-6H,1-2H3. The molecule has 1 heterocycles. The predicted octanol–water partition coefficient (Wildman–Crippen LogP) is 5.09. The first kappa shape index (κ1) is 11.0. The van der Waals surface area contributed by atoms with Crippen LogP contribution in [0.25, 0.3) is 11.3 Å². The molecule has 15 heavy (non-hydrogen) atoms. The van der Waals surface area contributed by atoms with Crippen LogP contribution in [-0.4, -0.2) is 0 Å². The molecule has 0 aliphatic carbocycles. The third kappa shape index (κ3) is 1.91. The molecule has 0 radical (unpaired) electrons. The predicted molar refractivity (Wildman–Crippen MR) is 69.0 cm³/mol. The van der Waals surface area contributed by atoms with Crippen molar-refractivity contribution in [3.63, 3.8) is 0 Å². The quantitative estimate of drug-likeness (QED) is 0.710. The van der Waals surface area contributed by atoms with E-state index in [0.717, 1.165) is 20.3 Å². The minimum atomic E-state index is 0.872. The largest absolute Gasteiger partial charge is 0.464 e. The molecule has 0 N–H and O–H groups in total. The Morgan fingerprint density at radius 2 is 1.93 bits per heavy atom. The van der Waals surface area contributed by atoms with Gasteiger partial charge in [0.1, 0.15) is 5.76 Å². The van der Waals surface area contributed by atoms with Crippen molar-refractivity contribution < 1.29 is 4.42 Å². The molecule has 3 heteroatoms. The lowest BCUT2D eigenvalue weighted by Gasteiger charge is -2.10. The van der Waals surface area contributed by atoms with Crippen LogP contribution < -0.4 is 0 Å². The first-order valence-corrected chi connectivity index (χ1v) is 6.19. The molecular formula is C12H10Br2O. The molecule has 0 saturated carbocycles. The van der Waals surface area contributed by atoms with Gasteiger partial charge in [0.05, 0.1) is 6.26 Å². The second-order valence-electron chi connectivity index (χ2n) is 3.47. The number of aryl methyl sites for hydroxylation is 1. The molecule has 0 atom stereocenters. The maximum Gasteiger partial charge on any atom is 0.136 e. The Hall–Kier alpha value is -0.540. The van der Waals surface area contributed by atoms with Gasteiger partial charge in [0, 0.05) is 14.5 Å². The van der Waals surface area contributed by atoms with Crippen molar-refractivity contribution in [2.45, 2.75) is 13.8 Å². The summed E-state index contributed by atoms with van der Waals surface area (Å²) in [6, 6.07) is 5.96. The van der Waals surface area contributed by atoms with Crippen molar-refractivity contribution in [2.75, 3.05) is 0 Å². The lowest BCUT2D eigenvalue weighted by atomic mass is 10.0. The minimum Gasteiger partial charge on any atom is -0.464 e. The van der Waals surface area contributed by atoms with Crippen LogP contribution in [0.5, 0.6) is 0 Å². The van der Waals surface area contributed by atoms with Gasteiger partial charge in [0.2, 0.25) is 0 Å². The Morgan fingerprint density at radius 3 is 2.53 bits per heavy atom. The Morgan fingerprint density at radius 1 is 1.20 bits per heavy atom. The number of hydrogen-bond acceptors (Lipinski definition) is 1. The Kier molecular flexibility index (Phi) is 3.03. The SMILES string of the molecule is Cc1cc(Br)c(-c2ccco2)c(Br)c1C. The second kappa shape index (κ2) is 4.14. The molecule has 1 nitrogen and oxygen atoms in total. The molecule has 2 aromatic rings. The Bertz CT molecular complexity index is 487. The Labute approximate surface area is 106 Å². The summed E-state index contributed by atoms with van der Waals surface area (Å²) in [5.74, 6) is 0.872. The van der Waals surface area contributed by atoms with Crippen molar-refractivity contribution in [3.05, 3.63) is 44.5 Å². The first-order valence-electron chi connectivity index (χ1n) is 4.60. The van der Waals surface area contributed by atoms with Gasteiger partial charge in [-0.2, -0.15) is 0 Å². The molecule has 0 bridgehead atoms. The van der Waals surface area contributed by atoms with Gasteiger partial charge < -0.3 is 4.42 Å². The lowest BCUT2D eigenvalue weighted by Crippen LogP contribution is -1.88. The summed E-state index contributed by atoms with van der Waals surface area (Å²) in [5, 5.41) is 0. The summed E-state index contributed by atoms with van der Waals surface area (Å²) >= 11 is 7.18. The third-order valence-electron chi connectivity index (χ3n) is 2.49. The summed E-state index contributed by atoms with van der Waals surface area (Å²) in [7, 11) is 0. The van der Waals surface area contributed by atoms with Crippen LogP contribution >= 0.6 is 31.9 Å². The highest BCUT2D eigenvalue weighted by molar-refractivity contribution is 9.11. The van der Waals surface area contributed by atoms with Gasteiger partial charge in [0.15, 0.2) is 0 Å². The summed E-state index contributed by atoms with van der Waals surface area (Å²) in [5.41, 5.74) is 3.57. The smallest absolute Gasteiger partial charge is 0.136 e. The zero-order valence-corrected chi connectivity index (χ0v) is 11.6. The average Bonchev–Trinajstić information content (AvgIpc) is 2.68. The van der Waals surface area contributed by atoms with Gasteiger partial charge >= 0.3 is 0 Å². The van der Waals surface area contributed by atoms with E-state index in [9.17, 15) is 0 Å². The van der Waals surface area contributed by atoms with Crippen LogP contribution in [-0.2, 0) is 0 Å². The van der Waals surface area contributed by atoms with Crippen LogP contribution in [0.1, 0.15) is 11.1 Å². The molecule has 2 rings (SSSR count). The monoisotopic (exact) mass is 328 g/mol. The van der Waals surface area contributed by atoms with Crippen molar-refractivity contribution >= 4 is 31.9 Å². The van der Waals surface area contributed by atoms with E-state index in [1.807, 2.05) is 12.1 Å². The molecule has 0 aliphatic heterocycles. The fourth-order valence-electron chi connectivity index (χ4n) is 1.48. The van der Waals surface area contributed by atoms with E-state index in [-0.39, 0.29) is 0 Å². The van der Waals surface area contributed by atoms with Crippen molar-refractivity contribution in [1.29, 1.82) is 0 Å². The van der Waals surface area contributed by atoms with Crippen LogP contribution in [0.2, 0.25) is 0 Å². The minimum absolute atomic E-state index is 0.872. The van der Waals surface area contributed by atoms with E-state index in [4.69, 9.17) is 4.42 Å². The normalized spacial score (nSPS) is 10.7. The number of halogens is 2. The van der Waals surface area contributed by atoms with Gasteiger partial charge in [-0.1, -0.05) is 0 Å². The number of rotatable bonds is 1. The summed E-state index contributed by atoms with van der Waals surface area (Å²) < 4.78 is 7.55. The van der Waals surface area contributed by atoms with Crippen LogP contribution in [0.4, 0.5) is 0 Å². The van der Waals surface area contributed by atoms with Gasteiger partial charge in [-0.15, -0.1) is 0 Å². The van der Waals surface area contributed by atoms with Crippen molar-refractivity contribution in [3.8, 4) is 11.3 Å². The van der Waals surface area contributed by atoms with Crippen LogP contribution in [0.3, 0.4) is 0 Å². The highest BCUT2D eigenvalue weighted by atomic mass is 79.9. The first-order chi connectivity index (χ1) is 7.11. The van der Waals surface area contributed by atoms with E-state index >= 15 is 0 Å². The maximum atomic E-state index is 5.42. The summed E-state index contributed by atoms with van der Waals surface area (Å²) in [6.07, 6.45) is 1.68. The fourth-order valence-corrected chi connectivity index (χ4v) is 3.21. The highest BCUT2D eigenvalue weighted by Gasteiger charge is 2.13. The van der Waals surface area contributed by atoms with E-state index in [1.165, 1.54) is 11.1 Å². The van der Waals surface area contributed by atoms with Crippen LogP contribution in [0.15, 0.2) is 37.8 Å². The fraction of sp³-hybridized carbons (Fsp3) is 0.167. The van der Waals surface area contributed by atoms with E-state index in [0.29, 0.717) is 0 Å². The molecule has 0 spiro atoms. The highest BCUT2D eigenvalue weighted by Crippen LogP contribution is 2.38. The molecule has 1 aromatic carbocycles. The van der Waals surface area contributed by atoms with Gasteiger partial charge in [-0.3, -0.25) is 0 Å². The molecule has 0 saturated heterocycles. The zero-order valence-electron chi connectivity index (χ0n) is 8.47. The van der Waals surface area contributed by atoms with Gasteiger partial charge in [-0.25, -0.2) is 0 Å². The molecular weight excluding hydrogens is 320 g/mol. The second-order valence-corrected chi connectivity index (χ2v) is 5.11. The lowest BCUT2D eigenvalue weighted by molar-refractivity contribution is 0.581. The van der Waals surface area contributed by atoms with Gasteiger partial charge in [-0.05, 0) is 75.0 Å². The van der Waals surface area contributed by atoms with Crippen LogP contribution in [0, 0.1) is 13.8 Å². The maximum absolute atomic E-state index is 5.42. The average molecular weight is 330 g/mol. The molecule has 0 aliphatic rings. The summed E-state index contributed by atoms with van der Waals surface area (Å²) in [4.78, 5) is 0. The Balaban J connectivity index is 2.72. The topological polar surface area (TPSA) is 13.1 Å². The number of furan rings is 1. The van der Waals surface area contributed by atoms with E-state index in [2.05, 4.69) is 51.8 Å². The third-order valence-corrected chi connectivity index (χ3v) is 4.11. The van der Waals surface area contributed by atoms with Gasteiger partial charge in [0.25, 0.3) is 0 Å². The van der Waals surface area contributed by atoms with E-state index < -0.39 is 0 Å². The van der Waals surface area contributed by atoms with E-state index in [1.54, 1.807) is 6.26 Å². The molecule has 0 fully saturated rings. The molecule has 78 valence electrons. The van der Waals surface area contributed by atoms with Crippen molar-refractivity contribution in [2.24, 2.45) is 0 Å². The number of hydrogen-bond donors (Lipinski definition) is 0. The van der Waals surface area contributed by atoms with Crippen molar-refractivity contribution in [1.82, 2.24) is 0 Å². The zero-order chi connectivity index (χ0) is 11.0. The molecule has 0 amide bonds. The molecule has 1 aromatic heterocycles. The molecule has 0 unspecified atom stereocenters.